The van der Waals surface area contributed by atoms with Crippen LogP contribution in [0, 0.1) is 0 Å². The van der Waals surface area contributed by atoms with Gasteiger partial charge in [-0.25, -0.2) is 0 Å². The minimum Gasteiger partial charge on any atom is -0.493 e. The number of amides is 1. The number of carbonyl (C=O) groups excluding carboxylic acids is 1. The van der Waals surface area contributed by atoms with Crippen LogP contribution in [-0.2, 0) is 11.2 Å². The summed E-state index contributed by atoms with van der Waals surface area (Å²) in [6, 6.07) is 17.8. The van der Waals surface area contributed by atoms with E-state index in [9.17, 15) is 4.79 Å². The van der Waals surface area contributed by atoms with Gasteiger partial charge in [-0.2, -0.15) is 0 Å². The van der Waals surface area contributed by atoms with E-state index >= 15 is 0 Å². The summed E-state index contributed by atoms with van der Waals surface area (Å²) in [4.78, 5) is 14.1. The Morgan fingerprint density at radius 3 is 2.29 bits per heavy atom. The fourth-order valence-electron chi connectivity index (χ4n) is 2.42. The number of hydrogen-bond donors (Lipinski definition) is 1. The lowest BCUT2D eigenvalue weighted by atomic mass is 10.2. The average Bonchev–Trinajstić information content (AvgIpc) is 2.62. The molecule has 0 spiro atoms. The van der Waals surface area contributed by atoms with Gasteiger partial charge in [0, 0.05) is 12.1 Å². The second kappa shape index (κ2) is 9.73. The van der Waals surface area contributed by atoms with Crippen LogP contribution in [0.5, 0.6) is 5.75 Å². The summed E-state index contributed by atoms with van der Waals surface area (Å²) >= 11 is 0. The van der Waals surface area contributed by atoms with Gasteiger partial charge < -0.3 is 10.1 Å². The number of ether oxygens (including phenoxy) is 1. The number of likely N-dealkylation sites (N-methyl/N-ethyl adjacent to an activating group) is 1. The first-order valence-electron chi connectivity index (χ1n) is 8.50. The SMILES string of the molecule is CCN(CC)CC(=O)Nc1ccc(OCCc2ccccc2)cc1. The van der Waals surface area contributed by atoms with Gasteiger partial charge in [-0.1, -0.05) is 44.2 Å². The molecule has 0 bridgehead atoms. The van der Waals surface area contributed by atoms with E-state index in [0.717, 1.165) is 30.9 Å². The molecule has 0 aromatic heterocycles. The fraction of sp³-hybridized carbons (Fsp3) is 0.350. The summed E-state index contributed by atoms with van der Waals surface area (Å²) in [5.41, 5.74) is 2.06. The van der Waals surface area contributed by atoms with Crippen LogP contribution >= 0.6 is 0 Å². The molecule has 128 valence electrons. The van der Waals surface area contributed by atoms with Crippen molar-refractivity contribution < 1.29 is 9.53 Å². The lowest BCUT2D eigenvalue weighted by molar-refractivity contribution is -0.117. The molecule has 4 heteroatoms. The summed E-state index contributed by atoms with van der Waals surface area (Å²) in [7, 11) is 0. The van der Waals surface area contributed by atoms with Gasteiger partial charge in [0.1, 0.15) is 5.75 Å². The van der Waals surface area contributed by atoms with Gasteiger partial charge >= 0.3 is 0 Å². The summed E-state index contributed by atoms with van der Waals surface area (Å²) in [5.74, 6) is 0.823. The maximum absolute atomic E-state index is 12.0. The topological polar surface area (TPSA) is 41.6 Å². The van der Waals surface area contributed by atoms with E-state index in [-0.39, 0.29) is 5.91 Å². The van der Waals surface area contributed by atoms with Crippen LogP contribution in [0.2, 0.25) is 0 Å². The minimum absolute atomic E-state index is 0.0106. The van der Waals surface area contributed by atoms with E-state index in [2.05, 4.69) is 36.2 Å². The third-order valence-electron chi connectivity index (χ3n) is 3.90. The molecule has 0 unspecified atom stereocenters. The van der Waals surface area contributed by atoms with Crippen molar-refractivity contribution >= 4 is 11.6 Å². The largest absolute Gasteiger partial charge is 0.493 e. The van der Waals surface area contributed by atoms with Crippen molar-refractivity contribution in [3.63, 3.8) is 0 Å². The van der Waals surface area contributed by atoms with Crippen molar-refractivity contribution in [1.29, 1.82) is 0 Å². The first kappa shape index (κ1) is 18.0. The standard InChI is InChI=1S/C20H26N2O2/c1-3-22(4-2)16-20(23)21-18-10-12-19(13-11-18)24-15-14-17-8-6-5-7-9-17/h5-13H,3-4,14-16H2,1-2H3,(H,21,23). The van der Waals surface area contributed by atoms with E-state index < -0.39 is 0 Å². The third kappa shape index (κ3) is 6.05. The number of benzene rings is 2. The molecule has 2 rings (SSSR count). The van der Waals surface area contributed by atoms with E-state index in [1.54, 1.807) is 0 Å². The number of nitrogens with one attached hydrogen (secondary N) is 1. The van der Waals surface area contributed by atoms with Crippen molar-refractivity contribution in [2.45, 2.75) is 20.3 Å². The fourth-order valence-corrected chi connectivity index (χ4v) is 2.42. The van der Waals surface area contributed by atoms with Crippen LogP contribution < -0.4 is 10.1 Å². The van der Waals surface area contributed by atoms with Gasteiger partial charge in [0.25, 0.3) is 0 Å². The Labute approximate surface area is 144 Å². The molecule has 0 radical (unpaired) electrons. The Morgan fingerprint density at radius 2 is 1.67 bits per heavy atom. The van der Waals surface area contributed by atoms with Gasteiger partial charge in [0.05, 0.1) is 13.2 Å². The first-order chi connectivity index (χ1) is 11.7. The van der Waals surface area contributed by atoms with Crippen LogP contribution in [0.15, 0.2) is 54.6 Å². The highest BCUT2D eigenvalue weighted by atomic mass is 16.5. The lowest BCUT2D eigenvalue weighted by Crippen LogP contribution is -2.32. The Bertz CT molecular complexity index is 607. The van der Waals surface area contributed by atoms with Crippen LogP contribution in [0.25, 0.3) is 0 Å². The van der Waals surface area contributed by atoms with Crippen LogP contribution in [-0.4, -0.2) is 37.0 Å². The van der Waals surface area contributed by atoms with Crippen molar-refractivity contribution in [3.8, 4) is 5.75 Å². The molecule has 0 saturated heterocycles. The Kier molecular flexibility index (Phi) is 7.30. The summed E-state index contributed by atoms with van der Waals surface area (Å²) < 4.78 is 5.75. The van der Waals surface area contributed by atoms with Gasteiger partial charge in [-0.15, -0.1) is 0 Å². The lowest BCUT2D eigenvalue weighted by Gasteiger charge is -2.17. The van der Waals surface area contributed by atoms with Gasteiger partial charge in [-0.3, -0.25) is 9.69 Å². The number of nitrogens with zero attached hydrogens (tertiary/aromatic N) is 1. The molecular formula is C20H26N2O2. The molecule has 1 amide bonds. The predicted octanol–water partition coefficient (Wildman–Crippen LogP) is 3.59. The van der Waals surface area contributed by atoms with Crippen molar-refractivity contribution in [1.82, 2.24) is 4.90 Å². The third-order valence-corrected chi connectivity index (χ3v) is 3.90. The smallest absolute Gasteiger partial charge is 0.238 e. The van der Waals surface area contributed by atoms with E-state index in [0.29, 0.717) is 13.2 Å². The quantitative estimate of drug-likeness (QED) is 0.766. The number of hydrogen-bond acceptors (Lipinski definition) is 3. The zero-order chi connectivity index (χ0) is 17.2. The van der Waals surface area contributed by atoms with Crippen molar-refractivity contribution in [2.24, 2.45) is 0 Å². The van der Waals surface area contributed by atoms with Gasteiger partial charge in [0.15, 0.2) is 0 Å². The predicted molar refractivity (Wildman–Crippen MR) is 98.5 cm³/mol. The highest BCUT2D eigenvalue weighted by Crippen LogP contribution is 2.16. The Balaban J connectivity index is 1.77. The monoisotopic (exact) mass is 326 g/mol. The minimum atomic E-state index is 0.0106. The van der Waals surface area contributed by atoms with E-state index in [1.807, 2.05) is 42.5 Å². The van der Waals surface area contributed by atoms with Gasteiger partial charge in [0.2, 0.25) is 5.91 Å². The normalized spacial score (nSPS) is 10.6. The van der Waals surface area contributed by atoms with E-state index in [1.165, 1.54) is 5.56 Å². The summed E-state index contributed by atoms with van der Waals surface area (Å²) in [5, 5.41) is 2.91. The molecule has 4 nitrogen and oxygen atoms in total. The maximum atomic E-state index is 12.0. The molecular weight excluding hydrogens is 300 g/mol. The molecule has 0 atom stereocenters. The molecule has 2 aromatic carbocycles. The second-order valence-corrected chi connectivity index (χ2v) is 5.62. The molecule has 0 heterocycles. The first-order valence-corrected chi connectivity index (χ1v) is 8.50. The molecule has 2 aromatic rings. The summed E-state index contributed by atoms with van der Waals surface area (Å²) in [6.45, 7) is 6.91. The van der Waals surface area contributed by atoms with Crippen molar-refractivity contribution in [3.05, 3.63) is 60.2 Å². The number of rotatable bonds is 9. The molecule has 0 aliphatic rings. The zero-order valence-corrected chi connectivity index (χ0v) is 14.5. The highest BCUT2D eigenvalue weighted by molar-refractivity contribution is 5.92. The molecule has 0 aliphatic carbocycles. The Morgan fingerprint density at radius 1 is 1.00 bits per heavy atom. The second-order valence-electron chi connectivity index (χ2n) is 5.62. The average molecular weight is 326 g/mol. The molecule has 0 saturated carbocycles. The van der Waals surface area contributed by atoms with Crippen LogP contribution in [0.3, 0.4) is 0 Å². The van der Waals surface area contributed by atoms with E-state index in [4.69, 9.17) is 4.74 Å². The molecule has 1 N–H and O–H groups in total. The molecule has 0 aliphatic heterocycles. The van der Waals surface area contributed by atoms with Gasteiger partial charge in [-0.05, 0) is 42.9 Å². The Hall–Kier alpha value is -2.33. The van der Waals surface area contributed by atoms with Crippen LogP contribution in [0.1, 0.15) is 19.4 Å². The summed E-state index contributed by atoms with van der Waals surface area (Å²) in [6.07, 6.45) is 0.878. The zero-order valence-electron chi connectivity index (χ0n) is 14.5. The highest BCUT2D eigenvalue weighted by Gasteiger charge is 2.07. The number of anilines is 1. The van der Waals surface area contributed by atoms with Crippen molar-refractivity contribution in [2.75, 3.05) is 31.6 Å². The maximum Gasteiger partial charge on any atom is 0.238 e. The number of carbonyl (C=O) groups is 1. The molecule has 0 fully saturated rings. The molecule has 24 heavy (non-hydrogen) atoms. The van der Waals surface area contributed by atoms with Crippen LogP contribution in [0.4, 0.5) is 5.69 Å².